The molecule has 0 N–H and O–H groups in total. The minimum absolute atomic E-state index is 0.129. The minimum Gasteiger partial charge on any atom is -0.490 e. The van der Waals surface area contributed by atoms with Crippen LogP contribution in [0.15, 0.2) is 74.5 Å². The van der Waals surface area contributed by atoms with E-state index in [1.54, 1.807) is 30.3 Å². The summed E-state index contributed by atoms with van der Waals surface area (Å²) in [5.41, 5.74) is 1.91. The number of carbonyl (C=O) groups is 2. The number of halogens is 3. The first kappa shape index (κ1) is 25.5. The molecule has 35 heavy (non-hydrogen) atoms. The van der Waals surface area contributed by atoms with Crippen LogP contribution >= 0.6 is 43.6 Å². The molecule has 1 saturated heterocycles. The monoisotopic (exact) mass is 619 g/mol. The smallest absolute Gasteiger partial charge is 0.293 e. The molecule has 0 aromatic heterocycles. The molecule has 1 fully saturated rings. The fourth-order valence-electron chi connectivity index (χ4n) is 3.41. The lowest BCUT2D eigenvalue weighted by Gasteiger charge is -2.17. The molecule has 180 valence electrons. The van der Waals surface area contributed by atoms with Gasteiger partial charge in [-0.05, 0) is 79.9 Å². The predicted octanol–water partition coefficient (Wildman–Crippen LogP) is 7.56. The van der Waals surface area contributed by atoms with Crippen LogP contribution in [0.3, 0.4) is 0 Å². The molecule has 1 heterocycles. The highest BCUT2D eigenvalue weighted by Crippen LogP contribution is 2.45. The largest absolute Gasteiger partial charge is 0.490 e. The van der Waals surface area contributed by atoms with Crippen molar-refractivity contribution in [1.82, 2.24) is 4.90 Å². The lowest BCUT2D eigenvalue weighted by molar-refractivity contribution is -0.123. The van der Waals surface area contributed by atoms with Crippen LogP contribution in [0.1, 0.15) is 23.6 Å². The van der Waals surface area contributed by atoms with Gasteiger partial charge in [0.2, 0.25) is 0 Å². The van der Waals surface area contributed by atoms with Crippen molar-refractivity contribution in [1.29, 1.82) is 0 Å². The van der Waals surface area contributed by atoms with Gasteiger partial charge >= 0.3 is 0 Å². The fourth-order valence-corrected chi connectivity index (χ4v) is 5.19. The van der Waals surface area contributed by atoms with Crippen LogP contribution in [-0.4, -0.2) is 22.7 Å². The molecule has 0 radical (unpaired) electrons. The van der Waals surface area contributed by atoms with Crippen molar-refractivity contribution in [2.45, 2.75) is 20.1 Å². The first-order valence-electron chi connectivity index (χ1n) is 10.7. The number of carbonyl (C=O) groups excluding carboxylic acids is 2. The van der Waals surface area contributed by atoms with Gasteiger partial charge in [-0.15, -0.1) is 0 Å². The van der Waals surface area contributed by atoms with E-state index >= 15 is 0 Å². The predicted molar refractivity (Wildman–Crippen MR) is 142 cm³/mol. The van der Waals surface area contributed by atoms with Crippen LogP contribution in [0.25, 0.3) is 6.08 Å². The first-order chi connectivity index (χ1) is 16.9. The van der Waals surface area contributed by atoms with E-state index in [-0.39, 0.29) is 17.0 Å². The molecule has 9 heteroatoms. The third-order valence-corrected chi connectivity index (χ3v) is 8.18. The molecule has 4 rings (SSSR count). The molecule has 0 saturated carbocycles. The molecule has 0 bridgehead atoms. The fraction of sp³-hybridized carbons (Fsp3) is 0.154. The van der Waals surface area contributed by atoms with Gasteiger partial charge in [-0.25, -0.2) is 4.39 Å². The zero-order valence-corrected chi connectivity index (χ0v) is 22.6. The number of ether oxygens (including phenoxy) is 2. The van der Waals surface area contributed by atoms with E-state index in [2.05, 4.69) is 31.9 Å². The topological polar surface area (TPSA) is 55.8 Å². The van der Waals surface area contributed by atoms with Crippen molar-refractivity contribution in [3.63, 3.8) is 0 Å². The summed E-state index contributed by atoms with van der Waals surface area (Å²) in [6, 6.07) is 17.6. The highest BCUT2D eigenvalue weighted by molar-refractivity contribution is 9.13. The number of nitrogens with zero attached hydrogens (tertiary/aromatic N) is 1. The highest BCUT2D eigenvalue weighted by Gasteiger charge is 2.35. The maximum Gasteiger partial charge on any atom is 0.293 e. The number of benzene rings is 3. The van der Waals surface area contributed by atoms with Crippen LogP contribution in [0.2, 0.25) is 0 Å². The summed E-state index contributed by atoms with van der Waals surface area (Å²) in [4.78, 5) is 26.8. The maximum atomic E-state index is 14.1. The van der Waals surface area contributed by atoms with E-state index in [4.69, 9.17) is 9.47 Å². The highest BCUT2D eigenvalue weighted by atomic mass is 79.9. The molecule has 0 aliphatic carbocycles. The number of hydrogen-bond donors (Lipinski definition) is 0. The van der Waals surface area contributed by atoms with Gasteiger partial charge in [0.1, 0.15) is 12.4 Å². The number of thioether (sulfide) groups is 1. The van der Waals surface area contributed by atoms with Crippen molar-refractivity contribution in [2.24, 2.45) is 0 Å². The van der Waals surface area contributed by atoms with Crippen LogP contribution in [0.4, 0.5) is 9.18 Å². The Morgan fingerprint density at radius 2 is 1.71 bits per heavy atom. The van der Waals surface area contributed by atoms with Gasteiger partial charge in [0.05, 0.1) is 22.5 Å². The van der Waals surface area contributed by atoms with E-state index in [1.165, 1.54) is 6.07 Å². The number of rotatable bonds is 8. The number of imide groups is 1. The standard InChI is InChI=1S/C26H20Br2FNO4S/c1-2-33-20-12-18(22(27)23(28)24(20)34-15-16-8-4-3-5-9-16)13-21-25(31)30(26(32)35-21)14-17-10-6-7-11-19(17)29/h3-13H,2,14-15H2,1H3/b21-13-. The van der Waals surface area contributed by atoms with Gasteiger partial charge < -0.3 is 9.47 Å². The summed E-state index contributed by atoms with van der Waals surface area (Å²) in [7, 11) is 0. The van der Waals surface area contributed by atoms with Crippen molar-refractivity contribution >= 4 is 60.8 Å². The molecule has 0 atom stereocenters. The van der Waals surface area contributed by atoms with Crippen molar-refractivity contribution < 1.29 is 23.5 Å². The molecule has 3 aromatic rings. The molecule has 2 amide bonds. The van der Waals surface area contributed by atoms with E-state index < -0.39 is 17.0 Å². The van der Waals surface area contributed by atoms with Gasteiger partial charge in [-0.3, -0.25) is 14.5 Å². The molecule has 1 aliphatic heterocycles. The average Bonchev–Trinajstić information content (AvgIpc) is 3.11. The van der Waals surface area contributed by atoms with Gasteiger partial charge in [0.15, 0.2) is 11.5 Å². The van der Waals surface area contributed by atoms with E-state index in [9.17, 15) is 14.0 Å². The summed E-state index contributed by atoms with van der Waals surface area (Å²) < 4.78 is 27.2. The van der Waals surface area contributed by atoms with Gasteiger partial charge in [-0.1, -0.05) is 48.5 Å². The van der Waals surface area contributed by atoms with E-state index in [1.807, 2.05) is 37.3 Å². The average molecular weight is 621 g/mol. The van der Waals surface area contributed by atoms with Gasteiger partial charge in [-0.2, -0.15) is 0 Å². The Morgan fingerprint density at radius 1 is 1.00 bits per heavy atom. The summed E-state index contributed by atoms with van der Waals surface area (Å²) in [5.74, 6) is 0.0750. The summed E-state index contributed by atoms with van der Waals surface area (Å²) in [6.45, 7) is 2.50. The van der Waals surface area contributed by atoms with Crippen LogP contribution < -0.4 is 9.47 Å². The maximum absolute atomic E-state index is 14.1. The Bertz CT molecular complexity index is 1300. The number of hydrogen-bond acceptors (Lipinski definition) is 5. The van der Waals surface area contributed by atoms with Crippen LogP contribution in [0, 0.1) is 5.82 Å². The third-order valence-electron chi connectivity index (χ3n) is 5.13. The lowest BCUT2D eigenvalue weighted by Crippen LogP contribution is -2.27. The Balaban J connectivity index is 1.61. The second-order valence-corrected chi connectivity index (χ2v) is 10.1. The molecule has 1 aliphatic rings. The minimum atomic E-state index is -0.478. The third kappa shape index (κ3) is 5.79. The lowest BCUT2D eigenvalue weighted by atomic mass is 10.1. The SMILES string of the molecule is CCOc1cc(/C=C2\SC(=O)N(Cc3ccccc3F)C2=O)c(Br)c(Br)c1OCc1ccccc1. The summed E-state index contributed by atoms with van der Waals surface area (Å²) in [6.07, 6.45) is 1.62. The van der Waals surface area contributed by atoms with Crippen molar-refractivity contribution in [2.75, 3.05) is 6.61 Å². The normalized spacial score (nSPS) is 14.6. The molecule has 5 nitrogen and oxygen atoms in total. The molecular formula is C26H20Br2FNO4S. The molecule has 0 spiro atoms. The zero-order chi connectivity index (χ0) is 24.9. The second kappa shape index (κ2) is 11.4. The van der Waals surface area contributed by atoms with Gasteiger partial charge in [0, 0.05) is 10.0 Å². The van der Waals surface area contributed by atoms with E-state index in [0.717, 1.165) is 22.2 Å². The molecular weight excluding hydrogens is 601 g/mol. The number of amides is 2. The molecule has 3 aromatic carbocycles. The summed E-state index contributed by atoms with van der Waals surface area (Å²) >= 11 is 7.96. The Hall–Kier alpha value is -2.62. The van der Waals surface area contributed by atoms with Gasteiger partial charge in [0.25, 0.3) is 11.1 Å². The quantitative estimate of drug-likeness (QED) is 0.243. The first-order valence-corrected chi connectivity index (χ1v) is 13.1. The summed E-state index contributed by atoms with van der Waals surface area (Å²) in [5, 5.41) is -0.451. The van der Waals surface area contributed by atoms with E-state index in [0.29, 0.717) is 39.2 Å². The Kier molecular flexibility index (Phi) is 8.30. The van der Waals surface area contributed by atoms with Crippen molar-refractivity contribution in [3.8, 4) is 11.5 Å². The Morgan fingerprint density at radius 3 is 2.43 bits per heavy atom. The second-order valence-electron chi connectivity index (χ2n) is 7.49. The van der Waals surface area contributed by atoms with Crippen LogP contribution in [-0.2, 0) is 17.9 Å². The van der Waals surface area contributed by atoms with Crippen LogP contribution in [0.5, 0.6) is 11.5 Å². The Labute approximate surface area is 223 Å². The molecule has 0 unspecified atom stereocenters. The zero-order valence-electron chi connectivity index (χ0n) is 18.6. The van der Waals surface area contributed by atoms with Crippen molar-refractivity contribution in [3.05, 3.63) is 97.0 Å².